The van der Waals surface area contributed by atoms with Crippen molar-refractivity contribution < 1.29 is 84.5 Å². The highest BCUT2D eigenvalue weighted by atomic mass is 35.5. The number of halogens is 1. The summed E-state index contributed by atoms with van der Waals surface area (Å²) in [6.07, 6.45) is -1.18. The molecule has 22 nitrogen and oxygen atoms in total. The molecule has 4 aromatic carbocycles. The third-order valence-corrected chi connectivity index (χ3v) is 15.5. The van der Waals surface area contributed by atoms with E-state index in [0.717, 1.165) is 15.5 Å². The zero-order valence-corrected chi connectivity index (χ0v) is 49.5. The van der Waals surface area contributed by atoms with Crippen molar-refractivity contribution in [1.82, 2.24) is 36.0 Å². The molecule has 1 unspecified atom stereocenters. The molecular formula is C65H88ClN9O13. The maximum Gasteiger partial charge on any atom is 0.408 e. The van der Waals surface area contributed by atoms with E-state index in [-0.39, 0.29) is 94.6 Å². The van der Waals surface area contributed by atoms with Crippen molar-refractivity contribution >= 4 is 41.1 Å². The Hall–Kier alpha value is -6.63. The summed E-state index contributed by atoms with van der Waals surface area (Å²) >= 11 is 6.01. The number of aliphatic hydroxyl groups excluding tert-OH is 2. The van der Waals surface area contributed by atoms with Crippen LogP contribution in [-0.2, 0) is 19.1 Å². The molecule has 14 rings (SSSR count). The number of nitrogens with zero attached hydrogens (tertiary/aromatic N) is 4. The molecule has 10 aliphatic heterocycles. The average molecular weight is 1260 g/mol. The fourth-order valence-corrected chi connectivity index (χ4v) is 10.8. The predicted molar refractivity (Wildman–Crippen MR) is 332 cm³/mol. The molecular weight excluding hydrogens is 1150 g/mol. The number of nitrogens with two attached hydrogens (primary N) is 1. The molecule has 0 spiro atoms. The van der Waals surface area contributed by atoms with Crippen LogP contribution in [0, 0.1) is 5.92 Å². The minimum atomic E-state index is -1.91. The topological polar surface area (TPSA) is 260 Å². The molecule has 10 heterocycles. The molecule has 4 amide bonds. The number of carbonyl (C=O) groups is 4. The number of benzene rings is 4. The van der Waals surface area contributed by atoms with Gasteiger partial charge in [0.15, 0.2) is 40.6 Å². The zero-order chi connectivity index (χ0) is 75.5. The Balaban J connectivity index is 0.000000154. The van der Waals surface area contributed by atoms with Gasteiger partial charge >= 0.3 is 6.09 Å². The second kappa shape index (κ2) is 32.2. The fourth-order valence-electron chi connectivity index (χ4n) is 10.7. The van der Waals surface area contributed by atoms with Gasteiger partial charge in [0.25, 0.3) is 0 Å². The number of aliphatic hydroxyl groups is 2. The highest BCUT2D eigenvalue weighted by Gasteiger charge is 2.38. The Morgan fingerprint density at radius 2 is 1.14 bits per heavy atom. The SMILES string of the molecule is O=C1CCC(=O)N1.[2H]C1([2H])CCC([2H])([2H])N1.[2H]C1([2H])CCC([2H])([2H])N1C[C@@H](N)[C@H](O)c1ccc2c(c1)OCCO2.[2H]C1([2H])CCC([2H])([2H])N1C[C@@H](NC(=O)C1CCN(c2ccc(Cl)cc2)C1)[C@H](O)c1ccc2c(c1)OCCO2.[2H]C1([2H])CCC([2H])([2H])N1C[C@H]1NC(=O)O[C@@H]1c1ccc2c(c1)OCCO2. The summed E-state index contributed by atoms with van der Waals surface area (Å²) in [6.45, 7) is -10.3. The number of ether oxygens (including phenoxy) is 7. The van der Waals surface area contributed by atoms with Gasteiger partial charge in [-0.15, -0.1) is 0 Å². The number of rotatable bonds is 14. The molecule has 10 aliphatic rings. The normalized spacial score (nSPS) is 30.5. The number of hydrogen-bond donors (Lipinski definition) is 7. The molecule has 88 heavy (non-hydrogen) atoms. The van der Waals surface area contributed by atoms with E-state index >= 15 is 0 Å². The lowest BCUT2D eigenvalue weighted by molar-refractivity contribution is -0.126. The number of alkyl carbamates (subject to hydrolysis) is 1. The van der Waals surface area contributed by atoms with Crippen LogP contribution in [-0.4, -0.2) is 191 Å². The van der Waals surface area contributed by atoms with Gasteiger partial charge in [0.1, 0.15) is 45.7 Å². The van der Waals surface area contributed by atoms with Gasteiger partial charge in [-0.05, 0) is 187 Å². The van der Waals surface area contributed by atoms with Gasteiger partial charge in [0.05, 0.1) is 24.1 Å². The summed E-state index contributed by atoms with van der Waals surface area (Å²) in [6, 6.07) is 20.4. The maximum atomic E-state index is 13.4. The summed E-state index contributed by atoms with van der Waals surface area (Å²) in [7, 11) is 0. The number of nitrogens with one attached hydrogen (secondary N) is 4. The highest BCUT2D eigenvalue weighted by molar-refractivity contribution is 6.30. The third kappa shape index (κ3) is 18.3. The largest absolute Gasteiger partial charge is 0.486 e. The molecule has 7 atom stereocenters. The quantitative estimate of drug-likeness (QED) is 0.0751. The average Bonchev–Trinajstić information content (AvgIpc) is 1.64. The molecule has 0 bridgehead atoms. The standard InChI is InChI=1S/C26H32ClN3O4.C16H20N2O4.C15H22N2O3.C4H5NO2.C4H9N/c27-20-4-6-21(7-5-20)30-12-9-19(16-30)26(32)28-22(17-29-10-1-2-11-29)25(31)18-3-8-23-24(15-18)34-14-13-33-23;19-16-17-12(10-18-5-1-2-6-18)15(22-16)11-3-4-13-14(9-11)21-8-7-20-13;16-12(10-17-5-1-2-6-17)15(18)11-3-4-13-14(9-11)20-8-7-19-13;6-3-1-2-4(7)5-3;1-2-4-5-3-1/h3-8,15,19,22,25,31H,1-2,9-14,16-17H2,(H,28,32);3-4,9,12,15H,1-2,5-8,10H2,(H,17,19);3-4,9,12,15,18H,1-2,5-8,10,16H2;1-2H2,(H,5,6,7);5H,1-4H2/t19?,22-,25-;2*12-,15-;;/m111../s1/i10D2,11D2;2*5D2,6D2;;3D2,4D2. The van der Waals surface area contributed by atoms with Crippen LogP contribution in [0.4, 0.5) is 10.5 Å². The number of anilines is 1. The van der Waals surface area contributed by atoms with Crippen LogP contribution in [0.25, 0.3) is 0 Å². The van der Waals surface area contributed by atoms with E-state index in [4.69, 9.17) is 72.4 Å². The number of amides is 4. The molecule has 4 aromatic rings. The molecule has 0 aromatic heterocycles. The number of cyclic esters (lactones) is 1. The van der Waals surface area contributed by atoms with E-state index in [0.29, 0.717) is 128 Å². The van der Waals surface area contributed by atoms with Crippen LogP contribution in [0.5, 0.6) is 34.5 Å². The number of fused-ring (bicyclic) bond motifs is 3. The van der Waals surface area contributed by atoms with Crippen LogP contribution in [0.15, 0.2) is 78.9 Å². The molecule has 478 valence electrons. The number of imide groups is 1. The Labute approximate surface area is 543 Å². The van der Waals surface area contributed by atoms with Gasteiger partial charge < -0.3 is 84.7 Å². The summed E-state index contributed by atoms with van der Waals surface area (Å²) < 4.78 is 164. The predicted octanol–water partition coefficient (Wildman–Crippen LogP) is 5.66. The molecule has 7 saturated heterocycles. The van der Waals surface area contributed by atoms with Crippen LogP contribution in [0.1, 0.15) is 128 Å². The first-order chi connectivity index (χ1) is 48.7. The van der Waals surface area contributed by atoms with Crippen molar-refractivity contribution in [2.45, 2.75) is 107 Å². The Morgan fingerprint density at radius 3 is 1.66 bits per heavy atom. The first kappa shape index (κ1) is 46.5. The van der Waals surface area contributed by atoms with E-state index in [1.165, 1.54) is 4.90 Å². The minimum Gasteiger partial charge on any atom is -0.486 e. The van der Waals surface area contributed by atoms with E-state index in [2.05, 4.69) is 26.2 Å². The lowest BCUT2D eigenvalue weighted by Gasteiger charge is -2.30. The Bertz CT molecular complexity index is 3640. The second-order valence-corrected chi connectivity index (χ2v) is 22.0. The first-order valence-electron chi connectivity index (χ1n) is 37.7. The van der Waals surface area contributed by atoms with Crippen molar-refractivity contribution in [2.75, 3.05) is 129 Å². The summed E-state index contributed by atoms with van der Waals surface area (Å²) in [5.74, 6) is 2.50. The van der Waals surface area contributed by atoms with E-state index in [1.807, 2.05) is 24.3 Å². The van der Waals surface area contributed by atoms with Gasteiger partial charge in [-0.1, -0.05) is 29.8 Å². The molecule has 23 heteroatoms. The van der Waals surface area contributed by atoms with Crippen molar-refractivity contribution in [1.29, 1.82) is 0 Å². The van der Waals surface area contributed by atoms with E-state index in [1.54, 1.807) is 54.6 Å². The lowest BCUT2D eigenvalue weighted by atomic mass is 9.99. The van der Waals surface area contributed by atoms with Crippen LogP contribution in [0.2, 0.25) is 5.02 Å². The van der Waals surface area contributed by atoms with Crippen molar-refractivity contribution in [3.8, 4) is 34.5 Å². The smallest absolute Gasteiger partial charge is 0.408 e. The molecule has 7 fully saturated rings. The van der Waals surface area contributed by atoms with Gasteiger partial charge in [-0.25, -0.2) is 4.79 Å². The lowest BCUT2D eigenvalue weighted by Crippen LogP contribution is -2.48. The van der Waals surface area contributed by atoms with Gasteiger partial charge in [0.2, 0.25) is 17.7 Å². The summed E-state index contributed by atoms with van der Waals surface area (Å²) in [5, 5.41) is 32.6. The Morgan fingerprint density at radius 1 is 0.636 bits per heavy atom. The monoisotopic (exact) mass is 1250 g/mol. The molecule has 8 N–H and O–H groups in total. The van der Waals surface area contributed by atoms with Crippen LogP contribution in [0.3, 0.4) is 0 Å². The van der Waals surface area contributed by atoms with Crippen LogP contribution >= 0.6 is 11.6 Å². The summed E-state index contributed by atoms with van der Waals surface area (Å²) in [5.41, 5.74) is 8.71. The molecule has 0 radical (unpaired) electrons. The highest BCUT2D eigenvalue weighted by Crippen LogP contribution is 2.38. The van der Waals surface area contributed by atoms with Gasteiger partial charge in [-0.3, -0.25) is 19.7 Å². The maximum absolute atomic E-state index is 13.4. The first-order valence-corrected chi connectivity index (χ1v) is 30.1. The van der Waals surface area contributed by atoms with Crippen molar-refractivity contribution in [3.05, 3.63) is 101 Å². The number of carbonyl (C=O) groups excluding carboxylic acids is 4. The Kier molecular flexibility index (Phi) is 17.0. The summed E-state index contributed by atoms with van der Waals surface area (Å²) in [4.78, 5) is 51.0. The van der Waals surface area contributed by atoms with E-state index in [9.17, 15) is 29.4 Å². The minimum absolute atomic E-state index is 0.00481. The van der Waals surface area contributed by atoms with Crippen molar-refractivity contribution in [3.63, 3.8) is 0 Å². The number of hydrogen-bond acceptors (Lipinski definition) is 19. The van der Waals surface area contributed by atoms with E-state index < -0.39 is 94.5 Å². The van der Waals surface area contributed by atoms with Gasteiger partial charge in [0, 0.05) is 84.2 Å². The van der Waals surface area contributed by atoms with Crippen LogP contribution < -0.4 is 60.3 Å². The van der Waals surface area contributed by atoms with Gasteiger partial charge in [-0.2, -0.15) is 0 Å². The second-order valence-electron chi connectivity index (χ2n) is 21.6. The fraction of sp³-hybridized carbons (Fsp3) is 0.569. The molecule has 0 aliphatic carbocycles. The van der Waals surface area contributed by atoms with Crippen molar-refractivity contribution in [2.24, 2.45) is 11.7 Å². The third-order valence-electron chi connectivity index (χ3n) is 15.2. The molecule has 0 saturated carbocycles. The number of likely N-dealkylation sites (tertiary alicyclic amines) is 3. The zero-order valence-electron chi connectivity index (χ0n) is 64.7.